The van der Waals surface area contributed by atoms with Crippen LogP contribution in [0.15, 0.2) is 70.8 Å². The van der Waals surface area contributed by atoms with Crippen molar-refractivity contribution in [2.24, 2.45) is 5.16 Å². The second-order valence-corrected chi connectivity index (χ2v) is 10.5. The monoisotopic (exact) mass is 586 g/mol. The number of aryl methyl sites for hydroxylation is 1. The molecule has 222 valence electrons. The van der Waals surface area contributed by atoms with Crippen LogP contribution in [0.1, 0.15) is 47.8 Å². The Labute approximate surface area is 246 Å². The first-order valence-electron chi connectivity index (χ1n) is 13.4. The van der Waals surface area contributed by atoms with Gasteiger partial charge in [-0.05, 0) is 49.6 Å². The highest BCUT2D eigenvalue weighted by Crippen LogP contribution is 2.56. The van der Waals surface area contributed by atoms with Gasteiger partial charge in [-0.1, -0.05) is 41.6 Å². The lowest BCUT2D eigenvalue weighted by Gasteiger charge is -2.28. The van der Waals surface area contributed by atoms with E-state index in [0.29, 0.717) is 0 Å². The number of benzene rings is 3. The van der Waals surface area contributed by atoms with Gasteiger partial charge in [-0.15, -0.1) is 0 Å². The highest BCUT2D eigenvalue weighted by atomic mass is 16.6. The topological polar surface area (TPSA) is 164 Å². The van der Waals surface area contributed by atoms with Gasteiger partial charge in [0.25, 0.3) is 5.91 Å². The Hall–Kier alpha value is -5.32. The fraction of sp³-hybridized carbons (Fsp3) is 0.250. The summed E-state index contributed by atoms with van der Waals surface area (Å²) in [4.78, 5) is 43.8. The molecule has 0 saturated carbocycles. The first kappa shape index (κ1) is 29.2. The van der Waals surface area contributed by atoms with Gasteiger partial charge in [0.1, 0.15) is 34.0 Å². The predicted molar refractivity (Wildman–Crippen MR) is 157 cm³/mol. The molecule has 5 rings (SSSR count). The van der Waals surface area contributed by atoms with E-state index < -0.39 is 34.9 Å². The second-order valence-electron chi connectivity index (χ2n) is 10.5. The third kappa shape index (κ3) is 4.72. The molecule has 1 aliphatic carbocycles. The number of amides is 1. The number of oxime groups is 1. The lowest BCUT2D eigenvalue weighted by atomic mass is 9.71. The van der Waals surface area contributed by atoms with E-state index in [1.54, 1.807) is 0 Å². The number of hydrogen-bond acceptors (Lipinski definition) is 9. The van der Waals surface area contributed by atoms with Crippen LogP contribution in [-0.2, 0) is 26.4 Å². The van der Waals surface area contributed by atoms with Crippen molar-refractivity contribution in [2.75, 3.05) is 7.11 Å². The molecule has 3 aromatic rings. The van der Waals surface area contributed by atoms with Gasteiger partial charge in [0.15, 0.2) is 11.5 Å². The Kier molecular flexibility index (Phi) is 7.35. The fourth-order valence-electron chi connectivity index (χ4n) is 5.42. The molecule has 1 unspecified atom stereocenters. The van der Waals surface area contributed by atoms with Crippen molar-refractivity contribution in [2.45, 2.75) is 45.8 Å². The lowest BCUT2D eigenvalue weighted by Crippen LogP contribution is -2.39. The minimum absolute atomic E-state index is 0.00802. The maximum Gasteiger partial charge on any atom is 0.347 e. The number of allylic oxidation sites excluding steroid dienone is 3. The zero-order chi connectivity index (χ0) is 31.2. The van der Waals surface area contributed by atoms with Crippen molar-refractivity contribution >= 4 is 34.1 Å². The second kappa shape index (κ2) is 10.8. The smallest absolute Gasteiger partial charge is 0.347 e. The summed E-state index contributed by atoms with van der Waals surface area (Å²) in [6, 6.07) is 13.0. The maximum absolute atomic E-state index is 13.9. The molecular formula is C32H30N2O9. The molecule has 0 aromatic heterocycles. The van der Waals surface area contributed by atoms with Crippen LogP contribution in [-0.4, -0.2) is 51.9 Å². The Morgan fingerprint density at radius 2 is 1.88 bits per heavy atom. The summed E-state index contributed by atoms with van der Waals surface area (Å²) in [5.41, 5.74) is -0.126. The number of methoxy groups -OCH3 is 1. The number of ether oxygens (including phenoxy) is 2. The number of phenolic OH excluding ortho intramolecular Hbond substituents is 1. The number of phenols is 1. The maximum atomic E-state index is 13.9. The SMILES string of the molecule is COc1cc(O)c2c(c1C(=O)NCc1c(C)ccc3ccccc13)OC1=CC(O)=C(C(C)=NOC(C)C(=O)O)C(=O)[C@]12C. The molecule has 1 amide bonds. The highest BCUT2D eigenvalue weighted by Gasteiger charge is 2.55. The molecule has 0 saturated heterocycles. The molecule has 0 radical (unpaired) electrons. The van der Waals surface area contributed by atoms with Crippen molar-refractivity contribution in [3.05, 3.63) is 87.9 Å². The highest BCUT2D eigenvalue weighted by molar-refractivity contribution is 6.27. The minimum Gasteiger partial charge on any atom is -0.507 e. The number of carboxylic acids is 1. The molecule has 4 N–H and O–H groups in total. The van der Waals surface area contributed by atoms with Gasteiger partial charge in [0, 0.05) is 18.7 Å². The number of hydrogen-bond donors (Lipinski definition) is 4. The number of fused-ring (bicyclic) bond motifs is 4. The molecule has 2 atom stereocenters. The molecule has 0 bridgehead atoms. The molecule has 1 heterocycles. The zero-order valence-electron chi connectivity index (χ0n) is 24.1. The largest absolute Gasteiger partial charge is 0.507 e. The van der Waals surface area contributed by atoms with Gasteiger partial charge >= 0.3 is 5.97 Å². The summed E-state index contributed by atoms with van der Waals surface area (Å²) in [6.45, 7) is 6.26. The van der Waals surface area contributed by atoms with Crippen molar-refractivity contribution in [3.8, 4) is 17.2 Å². The number of carbonyl (C=O) groups excluding carboxylic acids is 2. The average molecular weight is 587 g/mol. The van der Waals surface area contributed by atoms with E-state index in [0.717, 1.165) is 21.9 Å². The molecule has 0 spiro atoms. The summed E-state index contributed by atoms with van der Waals surface area (Å²) >= 11 is 0. The van der Waals surface area contributed by atoms with Gasteiger partial charge in [-0.3, -0.25) is 9.59 Å². The molecule has 0 fully saturated rings. The summed E-state index contributed by atoms with van der Waals surface area (Å²) in [6.07, 6.45) is -0.104. The first-order chi connectivity index (χ1) is 20.4. The van der Waals surface area contributed by atoms with E-state index in [-0.39, 0.29) is 52.0 Å². The number of carbonyl (C=O) groups is 3. The number of nitrogens with zero attached hydrogens (tertiary/aromatic N) is 1. The number of aliphatic hydroxyl groups is 1. The number of aliphatic hydroxyl groups excluding tert-OH is 1. The molecule has 11 nitrogen and oxygen atoms in total. The van der Waals surface area contributed by atoms with Gasteiger partial charge in [-0.2, -0.15) is 0 Å². The van der Waals surface area contributed by atoms with Crippen LogP contribution >= 0.6 is 0 Å². The molecule has 2 aliphatic rings. The van der Waals surface area contributed by atoms with E-state index >= 15 is 0 Å². The van der Waals surface area contributed by atoms with Crippen LogP contribution in [0.2, 0.25) is 0 Å². The van der Waals surface area contributed by atoms with Crippen molar-refractivity contribution < 1.29 is 44.0 Å². The number of rotatable bonds is 8. The van der Waals surface area contributed by atoms with Gasteiger partial charge in [-0.25, -0.2) is 4.79 Å². The summed E-state index contributed by atoms with van der Waals surface area (Å²) < 4.78 is 11.5. The van der Waals surface area contributed by atoms with Crippen molar-refractivity contribution in [1.82, 2.24) is 5.32 Å². The average Bonchev–Trinajstić information content (AvgIpc) is 3.28. The lowest BCUT2D eigenvalue weighted by molar-refractivity contribution is -0.149. The van der Waals surface area contributed by atoms with Gasteiger partial charge in [0.05, 0.1) is 24.0 Å². The number of aromatic hydroxyl groups is 1. The summed E-state index contributed by atoms with van der Waals surface area (Å²) in [7, 11) is 1.34. The third-order valence-corrected chi connectivity index (χ3v) is 7.84. The van der Waals surface area contributed by atoms with E-state index in [1.807, 2.05) is 43.3 Å². The Bertz CT molecular complexity index is 1800. The summed E-state index contributed by atoms with van der Waals surface area (Å²) in [5, 5.41) is 39.6. The fourth-order valence-corrected chi connectivity index (χ4v) is 5.42. The van der Waals surface area contributed by atoms with E-state index in [4.69, 9.17) is 19.4 Å². The summed E-state index contributed by atoms with van der Waals surface area (Å²) in [5.74, 6) is -3.49. The Balaban J connectivity index is 1.54. The van der Waals surface area contributed by atoms with Crippen LogP contribution in [0, 0.1) is 6.92 Å². The quantitative estimate of drug-likeness (QED) is 0.218. The number of nitrogens with one attached hydrogen (secondary N) is 1. The van der Waals surface area contributed by atoms with Crippen molar-refractivity contribution in [1.29, 1.82) is 0 Å². The molecule has 3 aromatic carbocycles. The molecule has 1 aliphatic heterocycles. The number of carboxylic acid groups (broad SMARTS) is 1. The first-order valence-corrected chi connectivity index (χ1v) is 13.4. The minimum atomic E-state index is -1.66. The van der Waals surface area contributed by atoms with E-state index in [9.17, 15) is 24.6 Å². The molecule has 43 heavy (non-hydrogen) atoms. The van der Waals surface area contributed by atoms with Gasteiger partial charge in [0.2, 0.25) is 6.10 Å². The Morgan fingerprint density at radius 1 is 1.16 bits per heavy atom. The van der Waals surface area contributed by atoms with E-state index in [1.165, 1.54) is 40.0 Å². The standard InChI is InChI=1S/C32H30N2O9/c1-15-10-11-18-8-6-7-9-19(18)20(15)14-33-30(38)26-23(41-5)12-22(36)27-28(26)42-24-13-21(35)25(29(37)32(24,27)4)16(2)34-43-17(3)31(39)40/h6-13,17,35-36H,14H2,1-5H3,(H,33,38)(H,39,40)/t17?,32-/m1/s1. The van der Waals surface area contributed by atoms with Crippen LogP contribution < -0.4 is 14.8 Å². The number of ketones is 1. The van der Waals surface area contributed by atoms with Crippen LogP contribution in [0.3, 0.4) is 0 Å². The van der Waals surface area contributed by atoms with Crippen LogP contribution in [0.25, 0.3) is 10.8 Å². The van der Waals surface area contributed by atoms with Gasteiger partial charge < -0.3 is 34.9 Å². The third-order valence-electron chi connectivity index (χ3n) is 7.84. The predicted octanol–water partition coefficient (Wildman–Crippen LogP) is 4.59. The molecule has 11 heteroatoms. The molecular weight excluding hydrogens is 556 g/mol. The van der Waals surface area contributed by atoms with Crippen LogP contribution in [0.5, 0.6) is 17.2 Å². The normalized spacial score (nSPS) is 18.4. The Morgan fingerprint density at radius 3 is 2.58 bits per heavy atom. The van der Waals surface area contributed by atoms with E-state index in [2.05, 4.69) is 10.5 Å². The van der Waals surface area contributed by atoms with Crippen LogP contribution in [0.4, 0.5) is 0 Å². The van der Waals surface area contributed by atoms with Crippen molar-refractivity contribution in [3.63, 3.8) is 0 Å². The number of aliphatic carboxylic acids is 1. The number of Topliss-reactive ketones (excluding diaryl/α,β-unsaturated/α-hetero) is 1. The zero-order valence-corrected chi connectivity index (χ0v) is 24.1.